The number of ether oxygens (including phenoxy) is 1. The third-order valence-electron chi connectivity index (χ3n) is 4.00. The Balaban J connectivity index is 1.91. The van der Waals surface area contributed by atoms with Gasteiger partial charge in [-0.3, -0.25) is 10.9 Å². The van der Waals surface area contributed by atoms with Gasteiger partial charge in [0.15, 0.2) is 5.82 Å². The summed E-state index contributed by atoms with van der Waals surface area (Å²) in [6.07, 6.45) is -4.82. The molecule has 0 aliphatic rings. The van der Waals surface area contributed by atoms with Crippen LogP contribution >= 0.6 is 23.2 Å². The molecular formula is C20H18Cl2F3N5O2. The Bertz CT molecular complexity index is 1090. The van der Waals surface area contributed by atoms with Crippen LogP contribution in [0.2, 0.25) is 10.0 Å². The number of nitrogens with one attached hydrogen (secondary N) is 3. The second kappa shape index (κ2) is 10.1. The summed E-state index contributed by atoms with van der Waals surface area (Å²) in [5.74, 6) is 0.0564. The van der Waals surface area contributed by atoms with E-state index in [0.717, 1.165) is 0 Å². The van der Waals surface area contributed by atoms with Gasteiger partial charge in [0.05, 0.1) is 23.0 Å². The Labute approximate surface area is 191 Å². The van der Waals surface area contributed by atoms with E-state index in [1.165, 1.54) is 24.3 Å². The summed E-state index contributed by atoms with van der Waals surface area (Å²) >= 11 is 12.0. The molecule has 12 heteroatoms. The standard InChI is InChI=1S/C20H18Cl2F3N5O2/c1-11(10-31)26-19-27-17(12-3-2-4-14(7-12)32-20(23,24)25)9-18(28-19)30-29-16-6-5-13(21)8-15(16)22/h2-9,11,29,31H,10H2,1H3,(H2,26,27,28,30)/t11-/m0/s1. The lowest BCUT2D eigenvalue weighted by Gasteiger charge is -2.16. The van der Waals surface area contributed by atoms with Crippen LogP contribution in [0.1, 0.15) is 6.92 Å². The Hall–Kier alpha value is -2.95. The number of halogens is 5. The highest BCUT2D eigenvalue weighted by atomic mass is 35.5. The average Bonchev–Trinajstić information content (AvgIpc) is 2.72. The molecule has 0 radical (unpaired) electrons. The normalized spacial score (nSPS) is 12.2. The van der Waals surface area contributed by atoms with Gasteiger partial charge in [-0.1, -0.05) is 35.3 Å². The molecule has 1 heterocycles. The zero-order valence-corrected chi connectivity index (χ0v) is 18.1. The highest BCUT2D eigenvalue weighted by Crippen LogP contribution is 2.29. The molecule has 1 aromatic heterocycles. The van der Waals surface area contributed by atoms with Crippen LogP contribution in [0.25, 0.3) is 11.3 Å². The number of rotatable bonds is 8. The number of hydrazine groups is 1. The van der Waals surface area contributed by atoms with Crippen molar-refractivity contribution in [1.82, 2.24) is 9.97 Å². The first kappa shape index (κ1) is 23.7. The minimum Gasteiger partial charge on any atom is -0.406 e. The summed E-state index contributed by atoms with van der Waals surface area (Å²) in [7, 11) is 0. The molecule has 2 aromatic carbocycles. The molecule has 3 aromatic rings. The van der Waals surface area contributed by atoms with E-state index in [1.54, 1.807) is 31.2 Å². The van der Waals surface area contributed by atoms with Crippen LogP contribution in [-0.2, 0) is 0 Å². The molecule has 3 rings (SSSR count). The molecule has 32 heavy (non-hydrogen) atoms. The van der Waals surface area contributed by atoms with Gasteiger partial charge in [0, 0.05) is 22.7 Å². The van der Waals surface area contributed by atoms with E-state index in [4.69, 9.17) is 23.2 Å². The van der Waals surface area contributed by atoms with E-state index in [1.807, 2.05) is 0 Å². The number of hydrogen-bond donors (Lipinski definition) is 4. The maximum Gasteiger partial charge on any atom is 0.573 e. The van der Waals surface area contributed by atoms with Gasteiger partial charge >= 0.3 is 6.36 Å². The van der Waals surface area contributed by atoms with Gasteiger partial charge < -0.3 is 15.2 Å². The van der Waals surface area contributed by atoms with Crippen molar-refractivity contribution in [2.24, 2.45) is 0 Å². The molecule has 0 saturated carbocycles. The number of aromatic nitrogens is 2. The lowest BCUT2D eigenvalue weighted by molar-refractivity contribution is -0.274. The van der Waals surface area contributed by atoms with Crippen molar-refractivity contribution in [2.45, 2.75) is 19.3 Å². The summed E-state index contributed by atoms with van der Waals surface area (Å²) in [5, 5.41) is 13.1. The quantitative estimate of drug-likeness (QED) is 0.308. The third kappa shape index (κ3) is 6.78. The van der Waals surface area contributed by atoms with E-state index in [-0.39, 0.29) is 30.2 Å². The fourth-order valence-electron chi connectivity index (χ4n) is 2.56. The zero-order chi connectivity index (χ0) is 23.3. The van der Waals surface area contributed by atoms with Gasteiger partial charge in [0.25, 0.3) is 0 Å². The second-order valence-corrected chi connectivity index (χ2v) is 7.48. The topological polar surface area (TPSA) is 91.3 Å². The van der Waals surface area contributed by atoms with Crippen molar-refractivity contribution in [3.8, 4) is 17.0 Å². The minimum atomic E-state index is -4.82. The molecule has 0 aliphatic carbocycles. The fourth-order valence-corrected chi connectivity index (χ4v) is 3.02. The molecule has 7 nitrogen and oxygen atoms in total. The lowest BCUT2D eigenvalue weighted by Crippen LogP contribution is -2.21. The first-order chi connectivity index (χ1) is 15.1. The van der Waals surface area contributed by atoms with Gasteiger partial charge in [-0.25, -0.2) is 4.98 Å². The Morgan fingerprint density at radius 3 is 2.53 bits per heavy atom. The summed E-state index contributed by atoms with van der Waals surface area (Å²) in [5.41, 5.74) is 6.96. The van der Waals surface area contributed by atoms with Gasteiger partial charge in [0.1, 0.15) is 5.75 Å². The number of benzene rings is 2. The lowest BCUT2D eigenvalue weighted by atomic mass is 10.1. The van der Waals surface area contributed by atoms with Gasteiger partial charge in [0.2, 0.25) is 5.95 Å². The van der Waals surface area contributed by atoms with Crippen LogP contribution in [0, 0.1) is 0 Å². The number of aliphatic hydroxyl groups is 1. The van der Waals surface area contributed by atoms with E-state index >= 15 is 0 Å². The zero-order valence-electron chi connectivity index (χ0n) is 16.5. The molecule has 0 spiro atoms. The van der Waals surface area contributed by atoms with E-state index in [2.05, 4.69) is 30.9 Å². The van der Waals surface area contributed by atoms with Crippen molar-refractivity contribution in [1.29, 1.82) is 0 Å². The number of hydrogen-bond acceptors (Lipinski definition) is 7. The highest BCUT2D eigenvalue weighted by molar-refractivity contribution is 6.36. The molecule has 1 atom stereocenters. The molecule has 0 amide bonds. The number of nitrogens with zero attached hydrogens (tertiary/aromatic N) is 2. The van der Waals surface area contributed by atoms with Crippen LogP contribution in [0.3, 0.4) is 0 Å². The van der Waals surface area contributed by atoms with E-state index in [0.29, 0.717) is 27.0 Å². The fraction of sp³-hybridized carbons (Fsp3) is 0.200. The highest BCUT2D eigenvalue weighted by Gasteiger charge is 2.31. The first-order valence-corrected chi connectivity index (χ1v) is 9.98. The SMILES string of the molecule is C[C@@H](CO)Nc1nc(NNc2ccc(Cl)cc2Cl)cc(-c2cccc(OC(F)(F)F)c2)n1. The van der Waals surface area contributed by atoms with Crippen molar-refractivity contribution >= 4 is 40.7 Å². The van der Waals surface area contributed by atoms with Crippen molar-refractivity contribution in [3.63, 3.8) is 0 Å². The van der Waals surface area contributed by atoms with Crippen LogP contribution in [0.15, 0.2) is 48.5 Å². The van der Waals surface area contributed by atoms with Gasteiger partial charge in [-0.2, -0.15) is 4.98 Å². The average molecular weight is 488 g/mol. The summed E-state index contributed by atoms with van der Waals surface area (Å²) in [6.45, 7) is 1.54. The molecule has 0 saturated heterocycles. The Morgan fingerprint density at radius 2 is 1.84 bits per heavy atom. The minimum absolute atomic E-state index is 0.151. The van der Waals surface area contributed by atoms with E-state index in [9.17, 15) is 18.3 Å². The molecule has 170 valence electrons. The Morgan fingerprint density at radius 1 is 1.06 bits per heavy atom. The van der Waals surface area contributed by atoms with Crippen LogP contribution in [0.5, 0.6) is 5.75 Å². The summed E-state index contributed by atoms with van der Waals surface area (Å²) in [4.78, 5) is 8.64. The molecular weight excluding hydrogens is 470 g/mol. The number of alkyl halides is 3. The maximum atomic E-state index is 12.6. The van der Waals surface area contributed by atoms with E-state index < -0.39 is 6.36 Å². The summed E-state index contributed by atoms with van der Waals surface area (Å²) in [6, 6.07) is 11.4. The number of anilines is 3. The van der Waals surface area contributed by atoms with Crippen LogP contribution in [-0.4, -0.2) is 34.1 Å². The predicted molar refractivity (Wildman–Crippen MR) is 118 cm³/mol. The van der Waals surface area contributed by atoms with Crippen molar-refractivity contribution in [2.75, 3.05) is 22.8 Å². The second-order valence-electron chi connectivity index (χ2n) is 6.64. The number of aliphatic hydroxyl groups excluding tert-OH is 1. The van der Waals surface area contributed by atoms with Gasteiger partial charge in [-0.05, 0) is 37.3 Å². The monoisotopic (exact) mass is 487 g/mol. The Kier molecular flexibility index (Phi) is 7.49. The van der Waals surface area contributed by atoms with Crippen LogP contribution in [0.4, 0.5) is 30.6 Å². The van der Waals surface area contributed by atoms with Crippen LogP contribution < -0.4 is 20.9 Å². The smallest absolute Gasteiger partial charge is 0.406 e. The molecule has 4 N–H and O–H groups in total. The first-order valence-electron chi connectivity index (χ1n) is 9.22. The van der Waals surface area contributed by atoms with Crippen molar-refractivity contribution in [3.05, 3.63) is 58.6 Å². The molecule has 0 unspecified atom stereocenters. The predicted octanol–water partition coefficient (Wildman–Crippen LogP) is 5.58. The third-order valence-corrected chi connectivity index (χ3v) is 4.54. The largest absolute Gasteiger partial charge is 0.573 e. The summed E-state index contributed by atoms with van der Waals surface area (Å²) < 4.78 is 41.7. The van der Waals surface area contributed by atoms with Crippen molar-refractivity contribution < 1.29 is 23.0 Å². The molecule has 0 fully saturated rings. The maximum absolute atomic E-state index is 12.6. The molecule has 0 bridgehead atoms. The molecule has 0 aliphatic heterocycles. The van der Waals surface area contributed by atoms with Gasteiger partial charge in [-0.15, -0.1) is 13.2 Å².